The van der Waals surface area contributed by atoms with E-state index in [1.807, 2.05) is 0 Å². The number of carbonyl (C=O) groups is 1. The van der Waals surface area contributed by atoms with Crippen molar-refractivity contribution in [3.05, 3.63) is 0 Å². The molecule has 12 heavy (non-hydrogen) atoms. The highest BCUT2D eigenvalue weighted by Crippen LogP contribution is 2.22. The highest BCUT2D eigenvalue weighted by atomic mass is 32.2. The molecule has 0 aromatic carbocycles. The summed E-state index contributed by atoms with van der Waals surface area (Å²) >= 11 is 1.51. The Bertz CT molecular complexity index is 184. The molecule has 0 aromatic rings. The van der Waals surface area contributed by atoms with Gasteiger partial charge in [0, 0.05) is 18.8 Å². The second-order valence-electron chi connectivity index (χ2n) is 2.75. The fraction of sp³-hybridized carbons (Fsp3) is 0.833. The van der Waals surface area contributed by atoms with Crippen LogP contribution in [0.1, 0.15) is 0 Å². The van der Waals surface area contributed by atoms with E-state index in [9.17, 15) is 4.79 Å². The van der Waals surface area contributed by atoms with Crippen LogP contribution in [0.2, 0.25) is 0 Å². The van der Waals surface area contributed by atoms with Crippen molar-refractivity contribution in [1.82, 2.24) is 5.32 Å². The second-order valence-corrected chi connectivity index (χ2v) is 3.97. The highest BCUT2D eigenvalue weighted by molar-refractivity contribution is 8.00. The number of carboxylic acid groups (broad SMARTS) is 1. The number of nitrogens with one attached hydrogen (secondary N) is 1. The van der Waals surface area contributed by atoms with Crippen molar-refractivity contribution in [3.63, 3.8) is 0 Å². The Morgan fingerprint density at radius 1 is 1.83 bits per heavy atom. The Hall–Kier alpha value is -0.300. The summed E-state index contributed by atoms with van der Waals surface area (Å²) in [5, 5.41) is 11.6. The molecule has 6 heteroatoms. The molecule has 1 heterocycles. The van der Waals surface area contributed by atoms with E-state index in [-0.39, 0.29) is 11.9 Å². The van der Waals surface area contributed by atoms with Gasteiger partial charge in [0.1, 0.15) is 0 Å². The number of aliphatic carboxylic acids is 1. The number of hydrogen-bond donors (Lipinski definition) is 4. The molecule has 1 fully saturated rings. The number of thioether (sulfide) groups is 1. The van der Waals surface area contributed by atoms with E-state index in [0.29, 0.717) is 0 Å². The molecule has 1 saturated heterocycles. The second kappa shape index (κ2) is 3.61. The molecule has 0 amide bonds. The molecular weight excluding hydrogens is 178 g/mol. The molecule has 2 unspecified atom stereocenters. The molecule has 1 aliphatic heterocycles. The lowest BCUT2D eigenvalue weighted by atomic mass is 10.0. The summed E-state index contributed by atoms with van der Waals surface area (Å²) in [4.78, 5) is 10.8. The molecule has 5 nitrogen and oxygen atoms in total. The van der Waals surface area contributed by atoms with Crippen LogP contribution < -0.4 is 16.8 Å². The minimum absolute atomic E-state index is 0.0486. The summed E-state index contributed by atoms with van der Waals surface area (Å²) < 4.78 is 0. The standard InChI is InChI=1S/C6H13N3O2S/c7-3-6(8,5(10)11)4-9-1-2-12-4/h4,9H,1-3,7-8H2,(H,10,11). The van der Waals surface area contributed by atoms with Crippen LogP contribution in [0.4, 0.5) is 0 Å². The maximum absolute atomic E-state index is 10.8. The third-order valence-electron chi connectivity index (χ3n) is 1.92. The Morgan fingerprint density at radius 3 is 2.83 bits per heavy atom. The van der Waals surface area contributed by atoms with Crippen LogP contribution in [0, 0.1) is 0 Å². The smallest absolute Gasteiger partial charge is 0.327 e. The summed E-state index contributed by atoms with van der Waals surface area (Å²) in [5.74, 6) is -0.159. The number of nitrogens with two attached hydrogens (primary N) is 2. The first-order chi connectivity index (χ1) is 5.61. The molecule has 0 radical (unpaired) electrons. The lowest BCUT2D eigenvalue weighted by molar-refractivity contribution is -0.143. The maximum atomic E-state index is 10.8. The van der Waals surface area contributed by atoms with Crippen LogP contribution in [-0.4, -0.2) is 40.8 Å². The van der Waals surface area contributed by atoms with Gasteiger partial charge in [-0.15, -0.1) is 11.8 Å². The predicted molar refractivity (Wildman–Crippen MR) is 47.9 cm³/mol. The van der Waals surface area contributed by atoms with E-state index in [4.69, 9.17) is 16.6 Å². The fourth-order valence-electron chi connectivity index (χ4n) is 1.06. The van der Waals surface area contributed by atoms with Crippen LogP contribution in [0.25, 0.3) is 0 Å². The predicted octanol–water partition coefficient (Wildman–Crippen LogP) is -1.61. The monoisotopic (exact) mass is 191 g/mol. The number of rotatable bonds is 3. The van der Waals surface area contributed by atoms with E-state index < -0.39 is 11.5 Å². The lowest BCUT2D eigenvalue weighted by Gasteiger charge is -2.28. The summed E-state index contributed by atoms with van der Waals surface area (Å²) in [7, 11) is 0. The van der Waals surface area contributed by atoms with Gasteiger partial charge in [0.15, 0.2) is 5.54 Å². The molecule has 2 atom stereocenters. The van der Waals surface area contributed by atoms with Crippen molar-refractivity contribution < 1.29 is 9.90 Å². The zero-order valence-electron chi connectivity index (χ0n) is 6.62. The van der Waals surface area contributed by atoms with Gasteiger partial charge in [0.2, 0.25) is 0 Å². The summed E-state index contributed by atoms with van der Waals surface area (Å²) in [6.45, 7) is 0.745. The Balaban J connectivity index is 2.70. The SMILES string of the molecule is NCC(N)(C(=O)O)C1NCCS1. The molecule has 0 spiro atoms. The topological polar surface area (TPSA) is 101 Å². The van der Waals surface area contributed by atoms with Crippen molar-refractivity contribution >= 4 is 17.7 Å². The zero-order valence-corrected chi connectivity index (χ0v) is 7.43. The summed E-state index contributed by atoms with van der Waals surface area (Å²) in [6, 6.07) is 0. The van der Waals surface area contributed by atoms with E-state index in [2.05, 4.69) is 5.32 Å². The third kappa shape index (κ3) is 1.56. The first-order valence-corrected chi connectivity index (χ1v) is 4.73. The van der Waals surface area contributed by atoms with Gasteiger partial charge < -0.3 is 21.9 Å². The van der Waals surface area contributed by atoms with Gasteiger partial charge in [-0.3, -0.25) is 4.79 Å². The van der Waals surface area contributed by atoms with Gasteiger partial charge in [-0.2, -0.15) is 0 Å². The van der Waals surface area contributed by atoms with Gasteiger partial charge in [-0.25, -0.2) is 0 Å². The molecule has 0 saturated carbocycles. The third-order valence-corrected chi connectivity index (χ3v) is 3.28. The van der Waals surface area contributed by atoms with Gasteiger partial charge in [0.05, 0.1) is 5.37 Å². The molecule has 1 aliphatic rings. The Labute approximate surface area is 74.9 Å². The van der Waals surface area contributed by atoms with E-state index >= 15 is 0 Å². The van der Waals surface area contributed by atoms with Crippen molar-refractivity contribution in [2.75, 3.05) is 18.8 Å². The van der Waals surface area contributed by atoms with Crippen molar-refractivity contribution in [1.29, 1.82) is 0 Å². The Kier molecular flexibility index (Phi) is 2.94. The number of hydrogen-bond acceptors (Lipinski definition) is 5. The largest absolute Gasteiger partial charge is 0.480 e. The highest BCUT2D eigenvalue weighted by Gasteiger charge is 2.43. The zero-order chi connectivity index (χ0) is 9.19. The number of carboxylic acids is 1. The van der Waals surface area contributed by atoms with Crippen molar-refractivity contribution in [3.8, 4) is 0 Å². The molecule has 1 rings (SSSR count). The van der Waals surface area contributed by atoms with Gasteiger partial charge >= 0.3 is 5.97 Å². The van der Waals surface area contributed by atoms with E-state index in [0.717, 1.165) is 12.3 Å². The minimum atomic E-state index is -1.33. The van der Waals surface area contributed by atoms with Crippen molar-refractivity contribution in [2.45, 2.75) is 10.9 Å². The van der Waals surface area contributed by atoms with Crippen LogP contribution in [0.5, 0.6) is 0 Å². The maximum Gasteiger partial charge on any atom is 0.327 e. The van der Waals surface area contributed by atoms with E-state index in [1.54, 1.807) is 0 Å². The van der Waals surface area contributed by atoms with Crippen LogP contribution in [0.3, 0.4) is 0 Å². The van der Waals surface area contributed by atoms with Crippen LogP contribution in [-0.2, 0) is 4.79 Å². The van der Waals surface area contributed by atoms with E-state index in [1.165, 1.54) is 11.8 Å². The quantitative estimate of drug-likeness (QED) is 0.428. The minimum Gasteiger partial charge on any atom is -0.480 e. The molecule has 0 aliphatic carbocycles. The summed E-state index contributed by atoms with van der Waals surface area (Å²) in [5.41, 5.74) is 9.63. The lowest BCUT2D eigenvalue weighted by Crippen LogP contribution is -2.63. The average Bonchev–Trinajstić information content (AvgIpc) is 2.54. The molecular formula is C6H13N3O2S. The Morgan fingerprint density at radius 2 is 2.50 bits per heavy atom. The van der Waals surface area contributed by atoms with Gasteiger partial charge in [-0.05, 0) is 0 Å². The molecule has 0 bridgehead atoms. The van der Waals surface area contributed by atoms with Gasteiger partial charge in [0.25, 0.3) is 0 Å². The molecule has 6 N–H and O–H groups in total. The summed E-state index contributed by atoms with van der Waals surface area (Å²) in [6.07, 6.45) is 0. The molecule has 0 aromatic heterocycles. The fourth-order valence-corrected chi connectivity index (χ4v) is 2.26. The van der Waals surface area contributed by atoms with Crippen LogP contribution in [0.15, 0.2) is 0 Å². The van der Waals surface area contributed by atoms with Crippen molar-refractivity contribution in [2.24, 2.45) is 11.5 Å². The van der Waals surface area contributed by atoms with Gasteiger partial charge in [-0.1, -0.05) is 0 Å². The normalized spacial score (nSPS) is 28.3. The van der Waals surface area contributed by atoms with Crippen LogP contribution >= 0.6 is 11.8 Å². The molecule has 70 valence electrons. The first kappa shape index (κ1) is 9.79. The average molecular weight is 191 g/mol. The first-order valence-electron chi connectivity index (χ1n) is 3.68.